The molecule has 30 heavy (non-hydrogen) atoms. The predicted molar refractivity (Wildman–Crippen MR) is 117 cm³/mol. The van der Waals surface area contributed by atoms with E-state index in [1.165, 1.54) is 0 Å². The Balaban J connectivity index is 0.000001000. The minimum Gasteiger partial charge on any atom is -0.508 e. The molecular weight excluding hydrogens is 386 g/mol. The number of rotatable bonds is 9. The van der Waals surface area contributed by atoms with Crippen molar-refractivity contribution in [2.45, 2.75) is 78.6 Å². The second-order valence-electron chi connectivity index (χ2n) is 8.24. The van der Waals surface area contributed by atoms with Crippen LogP contribution in [0.5, 0.6) is 5.75 Å². The molecule has 0 heterocycles. The summed E-state index contributed by atoms with van der Waals surface area (Å²) in [5.41, 5.74) is -0.601. The molecule has 0 spiro atoms. The van der Waals surface area contributed by atoms with Gasteiger partial charge in [-0.15, -0.1) is 0 Å². The van der Waals surface area contributed by atoms with Crippen molar-refractivity contribution in [2.24, 2.45) is 5.92 Å². The van der Waals surface area contributed by atoms with Gasteiger partial charge < -0.3 is 24.6 Å². The zero-order valence-electron chi connectivity index (χ0n) is 19.4. The van der Waals surface area contributed by atoms with Crippen LogP contribution in [0.15, 0.2) is 30.3 Å². The van der Waals surface area contributed by atoms with Crippen molar-refractivity contribution in [3.63, 3.8) is 0 Å². The Labute approximate surface area is 181 Å². The quantitative estimate of drug-likeness (QED) is 0.558. The number of carbonyl (C=O) groups is 2. The second-order valence-corrected chi connectivity index (χ2v) is 8.24. The highest BCUT2D eigenvalue weighted by Gasteiger charge is 2.24. The molecule has 0 saturated heterocycles. The SMILES string of the molecule is CCC(CCOC)CC(C)OC(=O)C(C)NC(=O)OC(C)(C)C.Oc1ccccc1. The van der Waals surface area contributed by atoms with E-state index in [1.54, 1.807) is 59.1 Å². The van der Waals surface area contributed by atoms with Crippen LogP contribution in [-0.4, -0.2) is 48.6 Å². The maximum absolute atomic E-state index is 12.0. The lowest BCUT2D eigenvalue weighted by Crippen LogP contribution is -2.43. The fraction of sp³-hybridized carbons (Fsp3) is 0.652. The molecule has 0 aliphatic heterocycles. The molecule has 1 aromatic rings. The van der Waals surface area contributed by atoms with Crippen molar-refractivity contribution in [1.29, 1.82) is 0 Å². The number of nitrogens with one attached hydrogen (secondary N) is 1. The van der Waals surface area contributed by atoms with E-state index < -0.39 is 23.7 Å². The monoisotopic (exact) mass is 425 g/mol. The standard InChI is InChI=1S/C17H33NO5.C6H6O/c1-8-14(9-10-21-7)11-12(2)22-15(19)13(3)18-16(20)23-17(4,5)6;7-6-4-2-1-3-5-6/h12-14H,8-11H2,1-7H3,(H,18,20);1-5,7H. The minimum atomic E-state index is -0.744. The van der Waals surface area contributed by atoms with Gasteiger partial charge in [0.25, 0.3) is 0 Å². The van der Waals surface area contributed by atoms with E-state index in [1.807, 2.05) is 13.0 Å². The van der Waals surface area contributed by atoms with Crippen LogP contribution >= 0.6 is 0 Å². The lowest BCUT2D eigenvalue weighted by molar-refractivity contribution is -0.151. The molecule has 0 aromatic heterocycles. The third kappa shape index (κ3) is 14.7. The zero-order chi connectivity index (χ0) is 23.2. The molecule has 0 bridgehead atoms. The third-order valence-electron chi connectivity index (χ3n) is 4.13. The molecule has 3 atom stereocenters. The second kappa shape index (κ2) is 14.7. The number of phenols is 1. The van der Waals surface area contributed by atoms with Gasteiger partial charge >= 0.3 is 12.1 Å². The highest BCUT2D eigenvalue weighted by molar-refractivity contribution is 5.81. The smallest absolute Gasteiger partial charge is 0.408 e. The summed E-state index contributed by atoms with van der Waals surface area (Å²) in [4.78, 5) is 23.7. The molecule has 3 unspecified atom stereocenters. The molecule has 0 aliphatic carbocycles. The van der Waals surface area contributed by atoms with Gasteiger partial charge in [-0.3, -0.25) is 0 Å². The van der Waals surface area contributed by atoms with E-state index in [2.05, 4.69) is 12.2 Å². The first-order valence-electron chi connectivity index (χ1n) is 10.4. The van der Waals surface area contributed by atoms with E-state index >= 15 is 0 Å². The van der Waals surface area contributed by atoms with E-state index in [0.717, 1.165) is 19.3 Å². The van der Waals surface area contributed by atoms with E-state index in [9.17, 15) is 9.59 Å². The van der Waals surface area contributed by atoms with Gasteiger partial charge in [0.2, 0.25) is 0 Å². The number of alkyl carbamates (subject to hydrolysis) is 1. The fourth-order valence-electron chi connectivity index (χ4n) is 2.56. The lowest BCUT2D eigenvalue weighted by atomic mass is 9.96. The predicted octanol–water partition coefficient (Wildman–Crippen LogP) is 4.68. The molecule has 1 rings (SSSR count). The summed E-state index contributed by atoms with van der Waals surface area (Å²) < 4.78 is 15.6. The average molecular weight is 426 g/mol. The number of methoxy groups -OCH3 is 1. The lowest BCUT2D eigenvalue weighted by Gasteiger charge is -2.23. The minimum absolute atomic E-state index is 0.202. The van der Waals surface area contributed by atoms with E-state index in [-0.39, 0.29) is 6.10 Å². The number of hydrogen-bond acceptors (Lipinski definition) is 6. The Hall–Kier alpha value is -2.28. The molecule has 7 heteroatoms. The van der Waals surface area contributed by atoms with Crippen LogP contribution in [0.25, 0.3) is 0 Å². The van der Waals surface area contributed by atoms with Crippen LogP contribution in [0.2, 0.25) is 0 Å². The van der Waals surface area contributed by atoms with Gasteiger partial charge in [-0.2, -0.15) is 0 Å². The van der Waals surface area contributed by atoms with Gasteiger partial charge in [-0.05, 0) is 65.5 Å². The van der Waals surface area contributed by atoms with E-state index in [4.69, 9.17) is 19.3 Å². The number of ether oxygens (including phenoxy) is 3. The first-order chi connectivity index (χ1) is 14.0. The maximum Gasteiger partial charge on any atom is 0.408 e. The molecular formula is C23H39NO6. The fourth-order valence-corrected chi connectivity index (χ4v) is 2.56. The van der Waals surface area contributed by atoms with Crippen LogP contribution in [0.1, 0.15) is 60.8 Å². The maximum atomic E-state index is 12.0. The largest absolute Gasteiger partial charge is 0.508 e. The molecule has 7 nitrogen and oxygen atoms in total. The van der Waals surface area contributed by atoms with Crippen LogP contribution in [0.3, 0.4) is 0 Å². The number of esters is 1. The highest BCUT2D eigenvalue weighted by atomic mass is 16.6. The van der Waals surface area contributed by atoms with Crippen LogP contribution in [0, 0.1) is 5.92 Å². The van der Waals surface area contributed by atoms with Crippen molar-refractivity contribution >= 4 is 12.1 Å². The number of amides is 1. The van der Waals surface area contributed by atoms with Crippen molar-refractivity contribution in [2.75, 3.05) is 13.7 Å². The number of phenolic OH excluding ortho intramolecular Hbond substituents is 1. The first-order valence-corrected chi connectivity index (χ1v) is 10.4. The van der Waals surface area contributed by atoms with Crippen molar-refractivity contribution < 1.29 is 28.9 Å². The summed E-state index contributed by atoms with van der Waals surface area (Å²) in [6.45, 7) is 11.6. The summed E-state index contributed by atoms with van der Waals surface area (Å²) in [5.74, 6) is 0.319. The van der Waals surface area contributed by atoms with Crippen LogP contribution in [0.4, 0.5) is 4.79 Å². The van der Waals surface area contributed by atoms with Gasteiger partial charge in [-0.25, -0.2) is 9.59 Å². The zero-order valence-corrected chi connectivity index (χ0v) is 19.4. The first kappa shape index (κ1) is 27.7. The third-order valence-corrected chi connectivity index (χ3v) is 4.13. The molecule has 0 saturated carbocycles. The molecule has 0 aliphatic rings. The Kier molecular flexibility index (Phi) is 13.5. The normalized spacial score (nSPS) is 13.8. The number of carbonyl (C=O) groups excluding carboxylic acids is 2. The number of aromatic hydroxyl groups is 1. The molecule has 2 N–H and O–H groups in total. The summed E-state index contributed by atoms with van der Waals surface area (Å²) in [6, 6.07) is 7.97. The van der Waals surface area contributed by atoms with Gasteiger partial charge in [-0.1, -0.05) is 31.5 Å². The summed E-state index contributed by atoms with van der Waals surface area (Å²) in [7, 11) is 1.68. The molecule has 1 amide bonds. The topological polar surface area (TPSA) is 94.1 Å². The Morgan fingerprint density at radius 3 is 2.17 bits per heavy atom. The summed E-state index contributed by atoms with van der Waals surface area (Å²) >= 11 is 0. The van der Waals surface area contributed by atoms with Crippen molar-refractivity contribution in [1.82, 2.24) is 5.32 Å². The van der Waals surface area contributed by atoms with Crippen LogP contribution < -0.4 is 5.32 Å². The number of benzene rings is 1. The van der Waals surface area contributed by atoms with Crippen molar-refractivity contribution in [3.8, 4) is 5.75 Å². The summed E-state index contributed by atoms with van der Waals surface area (Å²) in [6.07, 6.45) is 1.91. The molecule has 172 valence electrons. The van der Waals surface area contributed by atoms with Crippen molar-refractivity contribution in [3.05, 3.63) is 30.3 Å². The molecule has 0 radical (unpaired) electrons. The van der Waals surface area contributed by atoms with Crippen LogP contribution in [-0.2, 0) is 19.0 Å². The van der Waals surface area contributed by atoms with Gasteiger partial charge in [0.1, 0.15) is 17.4 Å². The number of hydrogen-bond donors (Lipinski definition) is 2. The average Bonchev–Trinajstić information content (AvgIpc) is 2.64. The number of para-hydroxylation sites is 1. The van der Waals surface area contributed by atoms with Gasteiger partial charge in [0.15, 0.2) is 0 Å². The highest BCUT2D eigenvalue weighted by Crippen LogP contribution is 2.17. The molecule has 1 aromatic carbocycles. The molecule has 0 fully saturated rings. The summed E-state index contributed by atoms with van der Waals surface area (Å²) in [5, 5.41) is 11.1. The van der Waals surface area contributed by atoms with Gasteiger partial charge in [0, 0.05) is 13.7 Å². The Morgan fingerprint density at radius 2 is 1.73 bits per heavy atom. The van der Waals surface area contributed by atoms with E-state index in [0.29, 0.717) is 18.3 Å². The Morgan fingerprint density at radius 1 is 1.13 bits per heavy atom. The van der Waals surface area contributed by atoms with Gasteiger partial charge in [0.05, 0.1) is 6.10 Å². The Bertz CT molecular complexity index is 599.